The van der Waals surface area contributed by atoms with Crippen molar-refractivity contribution in [3.63, 3.8) is 0 Å². The van der Waals surface area contributed by atoms with E-state index in [1.54, 1.807) is 12.3 Å². The fraction of sp³-hybridized carbons (Fsp3) is 0. The standard InChI is InChI=1S/C8H5N5S/c9-4-6-7(2-1-3-10-6)14-8-11-5-12-13-8/h1-3,5H,(H,11,12,13). The summed E-state index contributed by atoms with van der Waals surface area (Å²) in [5.41, 5.74) is 0.397. The van der Waals surface area contributed by atoms with Crippen molar-refractivity contribution in [2.75, 3.05) is 0 Å². The van der Waals surface area contributed by atoms with E-state index in [-0.39, 0.29) is 0 Å². The maximum atomic E-state index is 8.77. The molecule has 0 unspecified atom stereocenters. The molecule has 0 fully saturated rings. The van der Waals surface area contributed by atoms with Crippen molar-refractivity contribution in [3.05, 3.63) is 30.4 Å². The van der Waals surface area contributed by atoms with E-state index in [1.807, 2.05) is 12.1 Å². The van der Waals surface area contributed by atoms with E-state index in [4.69, 9.17) is 5.26 Å². The van der Waals surface area contributed by atoms with Crippen LogP contribution in [0, 0.1) is 11.3 Å². The highest BCUT2D eigenvalue weighted by Gasteiger charge is 2.05. The van der Waals surface area contributed by atoms with Gasteiger partial charge >= 0.3 is 0 Å². The van der Waals surface area contributed by atoms with Crippen molar-refractivity contribution in [2.24, 2.45) is 0 Å². The van der Waals surface area contributed by atoms with Crippen molar-refractivity contribution in [1.82, 2.24) is 20.2 Å². The first-order valence-corrected chi connectivity index (χ1v) is 4.60. The number of aromatic amines is 1. The Morgan fingerprint density at radius 1 is 1.43 bits per heavy atom. The van der Waals surface area contributed by atoms with Crippen molar-refractivity contribution >= 4 is 11.8 Å². The van der Waals surface area contributed by atoms with Crippen LogP contribution in [0.15, 0.2) is 34.7 Å². The Morgan fingerprint density at radius 3 is 3.07 bits per heavy atom. The van der Waals surface area contributed by atoms with Gasteiger partial charge in [0.2, 0.25) is 0 Å². The zero-order valence-electron chi connectivity index (χ0n) is 7.01. The summed E-state index contributed by atoms with van der Waals surface area (Å²) in [5, 5.41) is 15.8. The summed E-state index contributed by atoms with van der Waals surface area (Å²) in [6, 6.07) is 5.61. The summed E-state index contributed by atoms with van der Waals surface area (Å²) >= 11 is 1.33. The van der Waals surface area contributed by atoms with Crippen LogP contribution in [-0.4, -0.2) is 20.2 Å². The second-order valence-electron chi connectivity index (χ2n) is 2.35. The lowest BCUT2D eigenvalue weighted by molar-refractivity contribution is 0.971. The van der Waals surface area contributed by atoms with Crippen LogP contribution in [0.25, 0.3) is 0 Å². The van der Waals surface area contributed by atoms with Gasteiger partial charge in [-0.25, -0.2) is 9.97 Å². The highest BCUT2D eigenvalue weighted by atomic mass is 32.2. The van der Waals surface area contributed by atoms with Gasteiger partial charge in [0, 0.05) is 6.20 Å². The molecule has 0 amide bonds. The molecule has 1 N–H and O–H groups in total. The van der Waals surface area contributed by atoms with Crippen LogP contribution in [0.2, 0.25) is 0 Å². The first-order valence-electron chi connectivity index (χ1n) is 3.78. The first kappa shape index (κ1) is 8.72. The largest absolute Gasteiger partial charge is 0.254 e. The normalized spacial score (nSPS) is 9.64. The molecule has 0 saturated heterocycles. The average Bonchev–Trinajstić information content (AvgIpc) is 2.71. The minimum absolute atomic E-state index is 0.397. The Kier molecular flexibility index (Phi) is 2.42. The minimum Gasteiger partial charge on any atom is -0.254 e. The fourth-order valence-corrected chi connectivity index (χ4v) is 1.65. The van der Waals surface area contributed by atoms with Gasteiger partial charge in [-0.2, -0.15) is 10.4 Å². The number of rotatable bonds is 2. The summed E-state index contributed by atoms with van der Waals surface area (Å²) in [4.78, 5) is 8.65. The first-order chi connectivity index (χ1) is 6.90. The minimum atomic E-state index is 0.397. The molecule has 2 heterocycles. The Morgan fingerprint density at radius 2 is 2.36 bits per heavy atom. The number of pyridine rings is 1. The molecule has 0 radical (unpaired) electrons. The van der Waals surface area contributed by atoms with Gasteiger partial charge in [-0.05, 0) is 23.9 Å². The van der Waals surface area contributed by atoms with Crippen LogP contribution in [0.3, 0.4) is 0 Å². The number of nitriles is 1. The zero-order valence-corrected chi connectivity index (χ0v) is 7.82. The van der Waals surface area contributed by atoms with Crippen LogP contribution >= 0.6 is 11.8 Å². The number of nitrogens with one attached hydrogen (secondary N) is 1. The van der Waals surface area contributed by atoms with Crippen LogP contribution in [0.5, 0.6) is 0 Å². The molecule has 6 heteroatoms. The van der Waals surface area contributed by atoms with Gasteiger partial charge in [-0.3, -0.25) is 5.10 Å². The predicted molar refractivity (Wildman–Crippen MR) is 49.5 cm³/mol. The molecule has 0 spiro atoms. The Bertz CT molecular complexity index is 459. The van der Waals surface area contributed by atoms with Crippen LogP contribution in [0.4, 0.5) is 0 Å². The monoisotopic (exact) mass is 203 g/mol. The van der Waals surface area contributed by atoms with Gasteiger partial charge in [0.25, 0.3) is 0 Å². The molecule has 5 nitrogen and oxygen atoms in total. The molecule has 0 aliphatic rings. The number of hydrogen-bond acceptors (Lipinski definition) is 5. The molecule has 0 aromatic carbocycles. The highest BCUT2D eigenvalue weighted by molar-refractivity contribution is 7.99. The number of aromatic nitrogens is 4. The lowest BCUT2D eigenvalue weighted by Crippen LogP contribution is -1.85. The molecule has 2 aromatic heterocycles. The second-order valence-corrected chi connectivity index (χ2v) is 3.39. The van der Waals surface area contributed by atoms with Gasteiger partial charge in [0.15, 0.2) is 10.9 Å². The summed E-state index contributed by atoms with van der Waals surface area (Å²) in [5.74, 6) is 0. The lowest BCUT2D eigenvalue weighted by Gasteiger charge is -1.97. The van der Waals surface area contributed by atoms with Gasteiger partial charge in [-0.1, -0.05) is 0 Å². The number of H-pyrrole nitrogens is 1. The summed E-state index contributed by atoms with van der Waals surface area (Å²) in [6.07, 6.45) is 3.01. The van der Waals surface area contributed by atoms with Gasteiger partial charge in [-0.15, -0.1) is 0 Å². The molecule has 2 aromatic rings. The SMILES string of the molecule is N#Cc1ncccc1Sc1ncn[nH]1. The molecule has 68 valence electrons. The van der Waals surface area contributed by atoms with Crippen LogP contribution < -0.4 is 0 Å². The Labute approximate surface area is 84.2 Å². The third-order valence-corrected chi connectivity index (χ3v) is 2.42. The van der Waals surface area contributed by atoms with E-state index in [9.17, 15) is 0 Å². The summed E-state index contributed by atoms with van der Waals surface area (Å²) in [7, 11) is 0. The van der Waals surface area contributed by atoms with Crippen molar-refractivity contribution in [3.8, 4) is 6.07 Å². The molecule has 0 saturated carbocycles. The number of nitrogens with zero attached hydrogens (tertiary/aromatic N) is 4. The third-order valence-electron chi connectivity index (χ3n) is 1.48. The fourth-order valence-electron chi connectivity index (χ4n) is 0.904. The van der Waals surface area contributed by atoms with Crippen LogP contribution in [-0.2, 0) is 0 Å². The van der Waals surface area contributed by atoms with E-state index >= 15 is 0 Å². The Balaban J connectivity index is 2.30. The predicted octanol–water partition coefficient (Wildman–Crippen LogP) is 1.22. The van der Waals surface area contributed by atoms with Crippen molar-refractivity contribution < 1.29 is 0 Å². The van der Waals surface area contributed by atoms with E-state index in [1.165, 1.54) is 18.1 Å². The van der Waals surface area contributed by atoms with E-state index in [0.717, 1.165) is 4.90 Å². The summed E-state index contributed by atoms with van der Waals surface area (Å²) in [6.45, 7) is 0. The molecule has 0 atom stereocenters. The molecular weight excluding hydrogens is 198 g/mol. The molecular formula is C8H5N5S. The maximum Gasteiger partial charge on any atom is 0.188 e. The quantitative estimate of drug-likeness (QED) is 0.794. The average molecular weight is 203 g/mol. The lowest BCUT2D eigenvalue weighted by atomic mass is 10.4. The van der Waals surface area contributed by atoms with Gasteiger partial charge < -0.3 is 0 Å². The van der Waals surface area contributed by atoms with Gasteiger partial charge in [0.05, 0.1) is 4.90 Å². The smallest absolute Gasteiger partial charge is 0.188 e. The second kappa shape index (κ2) is 3.89. The van der Waals surface area contributed by atoms with E-state index in [0.29, 0.717) is 10.9 Å². The Hall–Kier alpha value is -1.87. The molecule has 0 aliphatic carbocycles. The van der Waals surface area contributed by atoms with Crippen molar-refractivity contribution in [2.45, 2.75) is 10.1 Å². The third kappa shape index (κ3) is 1.72. The molecule has 0 aliphatic heterocycles. The molecule has 2 rings (SSSR count). The number of hydrogen-bond donors (Lipinski definition) is 1. The van der Waals surface area contributed by atoms with Gasteiger partial charge in [0.1, 0.15) is 12.4 Å². The van der Waals surface area contributed by atoms with Crippen LogP contribution in [0.1, 0.15) is 5.69 Å². The van der Waals surface area contributed by atoms with E-state index < -0.39 is 0 Å². The molecule has 0 bridgehead atoms. The topological polar surface area (TPSA) is 78.2 Å². The molecule has 14 heavy (non-hydrogen) atoms. The van der Waals surface area contributed by atoms with E-state index in [2.05, 4.69) is 20.2 Å². The highest BCUT2D eigenvalue weighted by Crippen LogP contribution is 2.25. The maximum absolute atomic E-state index is 8.77. The zero-order chi connectivity index (χ0) is 9.80. The summed E-state index contributed by atoms with van der Waals surface area (Å²) < 4.78 is 0. The van der Waals surface area contributed by atoms with Crippen molar-refractivity contribution in [1.29, 1.82) is 5.26 Å².